The molecule has 0 aromatic carbocycles. The molecule has 0 aliphatic carbocycles. The van der Waals surface area contributed by atoms with E-state index in [0.29, 0.717) is 4.88 Å². The van der Waals surface area contributed by atoms with Crippen LogP contribution in [0.15, 0.2) is 6.07 Å². The van der Waals surface area contributed by atoms with Crippen LogP contribution in [0.5, 0.6) is 0 Å². The van der Waals surface area contributed by atoms with Gasteiger partial charge in [0.25, 0.3) is 0 Å². The molecule has 0 saturated carbocycles. The molecule has 90 valence electrons. The molecule has 0 spiro atoms. The molecule has 0 unspecified atom stereocenters. The maximum atomic E-state index is 10.8. The first-order chi connectivity index (χ1) is 7.58. The van der Waals surface area contributed by atoms with Gasteiger partial charge in [0.15, 0.2) is 0 Å². The summed E-state index contributed by atoms with van der Waals surface area (Å²) in [5.41, 5.74) is 1.15. The lowest BCUT2D eigenvalue weighted by atomic mass is 10.2. The minimum Gasteiger partial charge on any atom is -0.477 e. The van der Waals surface area contributed by atoms with Crippen LogP contribution >= 0.6 is 11.3 Å². The van der Waals surface area contributed by atoms with E-state index < -0.39 is 5.97 Å². The number of nitrogens with zero attached hydrogens (tertiary/aromatic N) is 1. The molecule has 0 amide bonds. The zero-order valence-corrected chi connectivity index (χ0v) is 10.9. The van der Waals surface area contributed by atoms with E-state index in [-0.39, 0.29) is 0 Å². The van der Waals surface area contributed by atoms with Gasteiger partial charge in [0.05, 0.1) is 0 Å². The summed E-state index contributed by atoms with van der Waals surface area (Å²) in [6.07, 6.45) is 1.13. The van der Waals surface area contributed by atoms with Gasteiger partial charge in [-0.3, -0.25) is 4.90 Å². The Balaban J connectivity index is 2.75. The van der Waals surface area contributed by atoms with Gasteiger partial charge in [-0.05, 0) is 38.1 Å². The number of rotatable bonds is 6. The number of aryl methyl sites for hydroxylation is 1. The predicted molar refractivity (Wildman–Crippen MR) is 67.3 cm³/mol. The van der Waals surface area contributed by atoms with E-state index in [4.69, 9.17) is 5.11 Å². The molecule has 1 aromatic heterocycles. The Bertz CT molecular complexity index is 360. The molecule has 0 aliphatic heterocycles. The third kappa shape index (κ3) is 3.32. The van der Waals surface area contributed by atoms with Gasteiger partial charge in [0, 0.05) is 11.4 Å². The lowest BCUT2D eigenvalue weighted by Gasteiger charge is -2.19. The lowest BCUT2D eigenvalue weighted by Crippen LogP contribution is -2.23. The Morgan fingerprint density at radius 1 is 1.50 bits per heavy atom. The number of carboxylic acids is 1. The highest BCUT2D eigenvalue weighted by Crippen LogP contribution is 2.22. The molecular weight excluding hydrogens is 222 g/mol. The summed E-state index contributed by atoms with van der Waals surface area (Å²) in [5, 5.41) is 8.91. The van der Waals surface area contributed by atoms with Crippen molar-refractivity contribution >= 4 is 17.3 Å². The second-order valence-corrected chi connectivity index (χ2v) is 5.12. The number of hydrogen-bond donors (Lipinski definition) is 1. The third-order valence-electron chi connectivity index (χ3n) is 2.61. The average Bonchev–Trinajstić information content (AvgIpc) is 2.60. The van der Waals surface area contributed by atoms with Crippen molar-refractivity contribution in [3.8, 4) is 0 Å². The number of hydrogen-bond acceptors (Lipinski definition) is 3. The fourth-order valence-corrected chi connectivity index (χ4v) is 2.56. The van der Waals surface area contributed by atoms with Gasteiger partial charge in [-0.15, -0.1) is 11.3 Å². The molecule has 1 aromatic rings. The molecule has 0 atom stereocenters. The zero-order valence-electron chi connectivity index (χ0n) is 10.1. The smallest absolute Gasteiger partial charge is 0.345 e. The Hall–Kier alpha value is -0.870. The summed E-state index contributed by atoms with van der Waals surface area (Å²) in [4.78, 5) is 14.7. The van der Waals surface area contributed by atoms with Crippen LogP contribution in [0.3, 0.4) is 0 Å². The van der Waals surface area contributed by atoms with E-state index >= 15 is 0 Å². The van der Waals surface area contributed by atoms with E-state index in [1.165, 1.54) is 11.3 Å². The zero-order chi connectivity index (χ0) is 12.1. The Morgan fingerprint density at radius 2 is 2.19 bits per heavy atom. The predicted octanol–water partition coefficient (Wildman–Crippen LogP) is 2.99. The highest BCUT2D eigenvalue weighted by Gasteiger charge is 2.12. The van der Waals surface area contributed by atoms with Crippen LogP contribution in [-0.4, -0.2) is 29.1 Å². The SMILES string of the molecule is CCCN(CC)Cc1cc(C(=O)O)sc1C. The fourth-order valence-electron chi connectivity index (χ4n) is 1.69. The van der Waals surface area contributed by atoms with Crippen LogP contribution in [0.2, 0.25) is 0 Å². The van der Waals surface area contributed by atoms with Crippen LogP contribution in [0.4, 0.5) is 0 Å². The second-order valence-electron chi connectivity index (χ2n) is 3.87. The first-order valence-corrected chi connectivity index (χ1v) is 6.45. The van der Waals surface area contributed by atoms with Crippen molar-refractivity contribution in [3.63, 3.8) is 0 Å². The van der Waals surface area contributed by atoms with Gasteiger partial charge in [0.1, 0.15) is 4.88 Å². The molecule has 1 N–H and O–H groups in total. The summed E-state index contributed by atoms with van der Waals surface area (Å²) >= 11 is 1.37. The molecule has 0 saturated heterocycles. The monoisotopic (exact) mass is 241 g/mol. The Kier molecular flexibility index (Phi) is 4.96. The topological polar surface area (TPSA) is 40.5 Å². The van der Waals surface area contributed by atoms with Gasteiger partial charge in [-0.2, -0.15) is 0 Å². The minimum atomic E-state index is -0.821. The van der Waals surface area contributed by atoms with E-state index in [1.54, 1.807) is 6.07 Å². The molecule has 0 bridgehead atoms. The van der Waals surface area contributed by atoms with Crippen molar-refractivity contribution in [2.75, 3.05) is 13.1 Å². The summed E-state index contributed by atoms with van der Waals surface area (Å²) in [7, 11) is 0. The number of carboxylic acid groups (broad SMARTS) is 1. The summed E-state index contributed by atoms with van der Waals surface area (Å²) in [6.45, 7) is 9.22. The van der Waals surface area contributed by atoms with Gasteiger partial charge in [0.2, 0.25) is 0 Å². The van der Waals surface area contributed by atoms with Crippen LogP contribution in [0.1, 0.15) is 40.4 Å². The molecule has 4 heteroatoms. The van der Waals surface area contributed by atoms with Crippen molar-refractivity contribution in [1.82, 2.24) is 4.90 Å². The summed E-state index contributed by atoms with van der Waals surface area (Å²) < 4.78 is 0. The van der Waals surface area contributed by atoms with E-state index in [0.717, 1.165) is 36.5 Å². The van der Waals surface area contributed by atoms with Gasteiger partial charge in [-0.25, -0.2) is 4.79 Å². The molecule has 16 heavy (non-hydrogen) atoms. The first-order valence-electron chi connectivity index (χ1n) is 5.63. The number of aromatic carboxylic acids is 1. The molecule has 1 heterocycles. The van der Waals surface area contributed by atoms with Gasteiger partial charge < -0.3 is 5.11 Å². The van der Waals surface area contributed by atoms with Gasteiger partial charge in [-0.1, -0.05) is 13.8 Å². The molecule has 1 rings (SSSR count). The van der Waals surface area contributed by atoms with E-state index in [9.17, 15) is 4.79 Å². The normalized spacial score (nSPS) is 11.0. The largest absolute Gasteiger partial charge is 0.477 e. The van der Waals surface area contributed by atoms with Crippen LogP contribution in [0, 0.1) is 6.92 Å². The van der Waals surface area contributed by atoms with E-state index in [2.05, 4.69) is 18.7 Å². The van der Waals surface area contributed by atoms with Crippen molar-refractivity contribution in [2.45, 2.75) is 33.7 Å². The maximum Gasteiger partial charge on any atom is 0.345 e. The highest BCUT2D eigenvalue weighted by molar-refractivity contribution is 7.14. The Labute approximate surface area is 101 Å². The lowest BCUT2D eigenvalue weighted by molar-refractivity contribution is 0.0702. The summed E-state index contributed by atoms with van der Waals surface area (Å²) in [6, 6.07) is 1.81. The third-order valence-corrected chi connectivity index (χ3v) is 3.69. The standard InChI is InChI=1S/C12H19NO2S/c1-4-6-13(5-2)8-10-7-11(12(14)15)16-9(10)3/h7H,4-6,8H2,1-3H3,(H,14,15). The molecule has 0 radical (unpaired) electrons. The number of thiophene rings is 1. The van der Waals surface area contributed by atoms with Crippen LogP contribution in [0.25, 0.3) is 0 Å². The Morgan fingerprint density at radius 3 is 2.62 bits per heavy atom. The van der Waals surface area contributed by atoms with E-state index in [1.807, 2.05) is 6.92 Å². The average molecular weight is 241 g/mol. The molecular formula is C12H19NO2S. The molecule has 0 aliphatic rings. The van der Waals surface area contributed by atoms with Crippen molar-refractivity contribution in [2.24, 2.45) is 0 Å². The second kappa shape index (κ2) is 6.01. The first kappa shape index (κ1) is 13.2. The molecule has 0 fully saturated rings. The molecule has 3 nitrogen and oxygen atoms in total. The van der Waals surface area contributed by atoms with Gasteiger partial charge >= 0.3 is 5.97 Å². The van der Waals surface area contributed by atoms with Crippen molar-refractivity contribution < 1.29 is 9.90 Å². The number of carbonyl (C=O) groups is 1. The van der Waals surface area contributed by atoms with Crippen molar-refractivity contribution in [1.29, 1.82) is 0 Å². The fraction of sp³-hybridized carbons (Fsp3) is 0.583. The summed E-state index contributed by atoms with van der Waals surface area (Å²) in [5.74, 6) is -0.821. The van der Waals surface area contributed by atoms with Crippen LogP contribution in [-0.2, 0) is 6.54 Å². The maximum absolute atomic E-state index is 10.8. The van der Waals surface area contributed by atoms with Crippen molar-refractivity contribution in [3.05, 3.63) is 21.4 Å². The quantitative estimate of drug-likeness (QED) is 0.832. The highest BCUT2D eigenvalue weighted by atomic mass is 32.1. The minimum absolute atomic E-state index is 0.444. The van der Waals surface area contributed by atoms with Crippen LogP contribution < -0.4 is 0 Å².